The molecule has 0 atom stereocenters. The molecule has 0 saturated heterocycles. The lowest BCUT2D eigenvalue weighted by Gasteiger charge is -1.96. The molecule has 1 aliphatic carbocycles. The molecule has 1 rings (SSSR count). The zero-order valence-electron chi connectivity index (χ0n) is 3.89. The summed E-state index contributed by atoms with van der Waals surface area (Å²) in [6, 6.07) is 0. The fourth-order valence-corrected chi connectivity index (χ4v) is 0.487. The van der Waals surface area contributed by atoms with Crippen molar-refractivity contribution in [2.75, 3.05) is 0 Å². The molecule has 0 bridgehead atoms. The second kappa shape index (κ2) is 1.92. The van der Waals surface area contributed by atoms with Gasteiger partial charge in [0.05, 0.1) is 0 Å². The number of halogens is 1. The average Bonchev–Trinajstić information content (AvgIpc) is 1.69. The van der Waals surface area contributed by atoms with Crippen molar-refractivity contribution in [3.8, 4) is 0 Å². The number of hydrogen-bond donors (Lipinski definition) is 0. The highest BCUT2D eigenvalue weighted by Gasteiger charge is 1.99. The summed E-state index contributed by atoms with van der Waals surface area (Å²) in [4.78, 5) is 0. The number of allylic oxidation sites excluding steroid dienone is 4. The van der Waals surface area contributed by atoms with Gasteiger partial charge in [-0.3, -0.25) is 0 Å². The van der Waals surface area contributed by atoms with Crippen molar-refractivity contribution >= 4 is 0 Å². The van der Waals surface area contributed by atoms with Crippen molar-refractivity contribution in [1.29, 1.82) is 0 Å². The van der Waals surface area contributed by atoms with Gasteiger partial charge in [0.2, 0.25) is 0 Å². The number of hydrogen-bond acceptors (Lipinski definition) is 0. The van der Waals surface area contributed by atoms with Gasteiger partial charge in [0.15, 0.2) is 6.17 Å². The van der Waals surface area contributed by atoms with Crippen LogP contribution in [0.5, 0.6) is 0 Å². The van der Waals surface area contributed by atoms with E-state index in [4.69, 9.17) is 0 Å². The first-order chi connectivity index (χ1) is 3.39. The molecule has 0 unspecified atom stereocenters. The summed E-state index contributed by atoms with van der Waals surface area (Å²) < 4.78 is 12.0. The Balaban J connectivity index is 2.49. The van der Waals surface area contributed by atoms with Crippen LogP contribution in [0.2, 0.25) is 0 Å². The van der Waals surface area contributed by atoms with Gasteiger partial charge in [-0.25, -0.2) is 4.39 Å². The lowest BCUT2D eigenvalue weighted by molar-refractivity contribution is 0.530. The van der Waals surface area contributed by atoms with Crippen LogP contribution < -0.4 is 0 Å². The summed E-state index contributed by atoms with van der Waals surface area (Å²) in [5.41, 5.74) is 0. The van der Waals surface area contributed by atoms with Crippen LogP contribution in [0.15, 0.2) is 24.3 Å². The van der Waals surface area contributed by atoms with E-state index in [9.17, 15) is 4.39 Å². The largest absolute Gasteiger partial charge is 0.235 e. The van der Waals surface area contributed by atoms with Crippen LogP contribution in [-0.2, 0) is 0 Å². The molecule has 7 heavy (non-hydrogen) atoms. The molecule has 0 saturated carbocycles. The Bertz CT molecular complexity index is 103. The van der Waals surface area contributed by atoms with Gasteiger partial charge in [-0.05, 0) is 6.08 Å². The van der Waals surface area contributed by atoms with Crippen LogP contribution >= 0.6 is 0 Å². The molecule has 0 aromatic rings. The lowest BCUT2D eigenvalue weighted by atomic mass is 10.2. The van der Waals surface area contributed by atoms with E-state index in [1.165, 1.54) is 6.08 Å². The number of rotatable bonds is 0. The Labute approximate surface area is 42.3 Å². The van der Waals surface area contributed by atoms with Crippen molar-refractivity contribution < 1.29 is 4.39 Å². The monoisotopic (exact) mass is 97.0 g/mol. The Morgan fingerprint density at radius 2 is 2.29 bits per heavy atom. The van der Waals surface area contributed by atoms with Crippen molar-refractivity contribution in [3.63, 3.8) is 0 Å². The SMILES string of the molecule is F[C]1C=CC=CC1. The van der Waals surface area contributed by atoms with Gasteiger partial charge in [-0.15, -0.1) is 0 Å². The van der Waals surface area contributed by atoms with E-state index >= 15 is 0 Å². The maximum Gasteiger partial charge on any atom is 0.170 e. The molecule has 0 fully saturated rings. The van der Waals surface area contributed by atoms with Crippen molar-refractivity contribution in [2.24, 2.45) is 0 Å². The Hall–Kier alpha value is -0.590. The highest BCUT2D eigenvalue weighted by atomic mass is 19.1. The molecular formula is C6H6F. The van der Waals surface area contributed by atoms with Gasteiger partial charge in [-0.1, -0.05) is 18.2 Å². The second-order valence-corrected chi connectivity index (χ2v) is 1.44. The summed E-state index contributed by atoms with van der Waals surface area (Å²) in [7, 11) is 0. The summed E-state index contributed by atoms with van der Waals surface area (Å²) in [5, 5.41) is 0. The summed E-state index contributed by atoms with van der Waals surface area (Å²) in [6.07, 6.45) is 7.20. The minimum absolute atomic E-state index is 0.0532. The molecule has 0 nitrogen and oxygen atoms in total. The fraction of sp³-hybridized carbons (Fsp3) is 0.167. The Morgan fingerprint density at radius 1 is 1.43 bits per heavy atom. The first kappa shape index (κ1) is 4.57. The van der Waals surface area contributed by atoms with Gasteiger partial charge in [0.1, 0.15) is 0 Å². The molecule has 0 heterocycles. The van der Waals surface area contributed by atoms with Crippen LogP contribution in [0.1, 0.15) is 6.42 Å². The van der Waals surface area contributed by atoms with E-state index in [0.717, 1.165) is 0 Å². The van der Waals surface area contributed by atoms with Gasteiger partial charge >= 0.3 is 0 Å². The summed E-state index contributed by atoms with van der Waals surface area (Å²) >= 11 is 0. The smallest absolute Gasteiger partial charge is 0.170 e. The third kappa shape index (κ3) is 1.15. The molecule has 0 amide bonds. The van der Waals surface area contributed by atoms with Gasteiger partial charge in [0, 0.05) is 6.42 Å². The highest BCUT2D eigenvalue weighted by molar-refractivity contribution is 5.18. The van der Waals surface area contributed by atoms with Crippen LogP contribution in [0.3, 0.4) is 0 Å². The highest BCUT2D eigenvalue weighted by Crippen LogP contribution is 2.13. The van der Waals surface area contributed by atoms with Crippen LogP contribution in [-0.4, -0.2) is 0 Å². The zero-order chi connectivity index (χ0) is 5.11. The normalized spacial score (nSPS) is 20.7. The van der Waals surface area contributed by atoms with Crippen molar-refractivity contribution in [2.45, 2.75) is 6.42 Å². The first-order valence-corrected chi connectivity index (χ1v) is 2.24. The molecule has 1 radical (unpaired) electrons. The van der Waals surface area contributed by atoms with Crippen LogP contribution in [0.25, 0.3) is 0 Å². The third-order valence-electron chi connectivity index (χ3n) is 0.837. The maximum absolute atomic E-state index is 12.0. The molecule has 0 aromatic heterocycles. The predicted octanol–water partition coefficient (Wildman–Crippen LogP) is 2.00. The quantitative estimate of drug-likeness (QED) is 0.433. The Morgan fingerprint density at radius 3 is 2.57 bits per heavy atom. The first-order valence-electron chi connectivity index (χ1n) is 2.24. The molecular weight excluding hydrogens is 91.1 g/mol. The standard InChI is InChI=1S/C6H6F/c7-6-4-2-1-3-5-6/h1-4H,5H2. The molecule has 1 aliphatic rings. The van der Waals surface area contributed by atoms with E-state index in [-0.39, 0.29) is 6.17 Å². The van der Waals surface area contributed by atoms with Gasteiger partial charge < -0.3 is 0 Å². The summed E-state index contributed by atoms with van der Waals surface area (Å²) in [5.74, 6) is 0. The second-order valence-electron chi connectivity index (χ2n) is 1.44. The van der Waals surface area contributed by atoms with E-state index < -0.39 is 0 Å². The Kier molecular flexibility index (Phi) is 1.25. The molecule has 0 N–H and O–H groups in total. The van der Waals surface area contributed by atoms with Crippen molar-refractivity contribution in [3.05, 3.63) is 30.5 Å². The average molecular weight is 97.1 g/mol. The molecule has 0 spiro atoms. The zero-order valence-corrected chi connectivity index (χ0v) is 3.89. The van der Waals surface area contributed by atoms with Gasteiger partial charge in [0.25, 0.3) is 0 Å². The molecule has 0 aliphatic heterocycles. The van der Waals surface area contributed by atoms with E-state index in [2.05, 4.69) is 0 Å². The van der Waals surface area contributed by atoms with Crippen LogP contribution in [0.4, 0.5) is 4.39 Å². The predicted molar refractivity (Wildman–Crippen MR) is 27.2 cm³/mol. The fourth-order valence-electron chi connectivity index (χ4n) is 0.487. The van der Waals surface area contributed by atoms with Crippen LogP contribution in [0, 0.1) is 6.17 Å². The molecule has 1 heteroatoms. The minimum Gasteiger partial charge on any atom is -0.235 e. The molecule has 37 valence electrons. The van der Waals surface area contributed by atoms with E-state index in [1.807, 2.05) is 6.08 Å². The van der Waals surface area contributed by atoms with E-state index in [0.29, 0.717) is 6.42 Å². The maximum atomic E-state index is 12.0. The minimum atomic E-state index is -0.0532. The van der Waals surface area contributed by atoms with E-state index in [1.54, 1.807) is 12.2 Å². The summed E-state index contributed by atoms with van der Waals surface area (Å²) in [6.45, 7) is 0. The van der Waals surface area contributed by atoms with Gasteiger partial charge in [-0.2, -0.15) is 0 Å². The van der Waals surface area contributed by atoms with Crippen molar-refractivity contribution in [1.82, 2.24) is 0 Å². The molecule has 0 aromatic carbocycles. The topological polar surface area (TPSA) is 0 Å². The lowest BCUT2D eigenvalue weighted by Crippen LogP contribution is -1.82. The third-order valence-corrected chi connectivity index (χ3v) is 0.837.